The molecule has 1 amide bonds. The van der Waals surface area contributed by atoms with Crippen LogP contribution in [0.3, 0.4) is 0 Å². The summed E-state index contributed by atoms with van der Waals surface area (Å²) in [5.74, 6) is 0.0868. The first kappa shape index (κ1) is 25.0. The number of nitrogens with one attached hydrogen (secondary N) is 3. The van der Waals surface area contributed by atoms with Crippen LogP contribution in [0.25, 0.3) is 10.3 Å². The Morgan fingerprint density at radius 2 is 1.95 bits per heavy atom. The summed E-state index contributed by atoms with van der Waals surface area (Å²) in [4.78, 5) is 28.4. The van der Waals surface area contributed by atoms with E-state index in [4.69, 9.17) is 0 Å². The van der Waals surface area contributed by atoms with E-state index < -0.39 is 11.6 Å². The van der Waals surface area contributed by atoms with Gasteiger partial charge < -0.3 is 20.9 Å². The molecule has 4 heterocycles. The molecule has 0 bridgehead atoms. The first-order valence-corrected chi connectivity index (χ1v) is 12.9. The maximum atomic E-state index is 14.2. The number of thiazole rings is 1. The molecule has 5 rings (SSSR count). The van der Waals surface area contributed by atoms with Gasteiger partial charge >= 0.3 is 0 Å². The Kier molecular flexibility index (Phi) is 7.24. The van der Waals surface area contributed by atoms with Gasteiger partial charge in [-0.25, -0.2) is 23.7 Å². The van der Waals surface area contributed by atoms with Gasteiger partial charge in [0.15, 0.2) is 5.13 Å². The van der Waals surface area contributed by atoms with Gasteiger partial charge in [0, 0.05) is 25.4 Å². The predicted octanol–water partition coefficient (Wildman–Crippen LogP) is 4.99. The summed E-state index contributed by atoms with van der Waals surface area (Å²) in [6.07, 6.45) is 3.66. The van der Waals surface area contributed by atoms with Crippen molar-refractivity contribution in [1.82, 2.24) is 25.6 Å². The molecule has 1 unspecified atom stereocenters. The van der Waals surface area contributed by atoms with Crippen molar-refractivity contribution in [3.8, 4) is 0 Å². The number of halogens is 2. The number of nitrogens with zero attached hydrogens (tertiary/aromatic N) is 4. The van der Waals surface area contributed by atoms with E-state index in [1.54, 1.807) is 42.4 Å². The molecule has 1 fully saturated rings. The van der Waals surface area contributed by atoms with Crippen LogP contribution in [0, 0.1) is 17.6 Å². The van der Waals surface area contributed by atoms with Gasteiger partial charge in [-0.2, -0.15) is 0 Å². The van der Waals surface area contributed by atoms with E-state index in [-0.39, 0.29) is 17.6 Å². The van der Waals surface area contributed by atoms with E-state index in [1.165, 1.54) is 23.5 Å². The molecule has 11 heteroatoms. The van der Waals surface area contributed by atoms with Crippen LogP contribution in [0.4, 0.5) is 31.2 Å². The Labute approximate surface area is 217 Å². The average Bonchev–Trinajstić information content (AvgIpc) is 3.30. The zero-order chi connectivity index (χ0) is 25.9. The molecule has 3 N–H and O–H groups in total. The van der Waals surface area contributed by atoms with E-state index in [9.17, 15) is 13.6 Å². The average molecular weight is 524 g/mol. The molecule has 0 aliphatic carbocycles. The molecule has 37 heavy (non-hydrogen) atoms. The van der Waals surface area contributed by atoms with Crippen molar-refractivity contribution < 1.29 is 13.6 Å². The van der Waals surface area contributed by atoms with Gasteiger partial charge in [0.2, 0.25) is 0 Å². The highest BCUT2D eigenvalue weighted by atomic mass is 32.1. The van der Waals surface area contributed by atoms with Crippen molar-refractivity contribution >= 4 is 50.0 Å². The summed E-state index contributed by atoms with van der Waals surface area (Å²) in [5.41, 5.74) is 1.39. The van der Waals surface area contributed by atoms with Gasteiger partial charge in [0.1, 0.15) is 33.6 Å². The third-order valence-electron chi connectivity index (χ3n) is 6.57. The van der Waals surface area contributed by atoms with Gasteiger partial charge in [-0.3, -0.25) is 4.79 Å². The van der Waals surface area contributed by atoms with Crippen molar-refractivity contribution in [1.29, 1.82) is 0 Å². The number of amides is 1. The van der Waals surface area contributed by atoms with Crippen LogP contribution >= 0.6 is 11.3 Å². The molecule has 4 aromatic rings. The topological polar surface area (TPSA) is 95.1 Å². The third kappa shape index (κ3) is 5.67. The van der Waals surface area contributed by atoms with Gasteiger partial charge in [0.05, 0.1) is 11.3 Å². The molecule has 1 atom stereocenters. The second kappa shape index (κ2) is 10.7. The molecule has 192 valence electrons. The minimum absolute atomic E-state index is 0.103. The Balaban J connectivity index is 1.25. The fourth-order valence-corrected chi connectivity index (χ4v) is 5.23. The highest BCUT2D eigenvalue weighted by Gasteiger charge is 2.22. The second-order valence-electron chi connectivity index (χ2n) is 9.07. The Bertz CT molecular complexity index is 1410. The van der Waals surface area contributed by atoms with Crippen molar-refractivity contribution in [3.63, 3.8) is 0 Å². The van der Waals surface area contributed by atoms with Crippen LogP contribution in [-0.4, -0.2) is 47.0 Å². The Morgan fingerprint density at radius 1 is 1.14 bits per heavy atom. The summed E-state index contributed by atoms with van der Waals surface area (Å²) in [5, 5.41) is 10.2. The smallest absolute Gasteiger partial charge is 0.253 e. The lowest BCUT2D eigenvalue weighted by molar-refractivity contribution is 0.0920. The fourth-order valence-electron chi connectivity index (χ4n) is 4.39. The molecule has 0 saturated carbocycles. The van der Waals surface area contributed by atoms with Crippen LogP contribution < -0.4 is 20.9 Å². The van der Waals surface area contributed by atoms with Gasteiger partial charge in [-0.05, 0) is 75.2 Å². The van der Waals surface area contributed by atoms with Gasteiger partial charge in [-0.1, -0.05) is 11.3 Å². The highest BCUT2D eigenvalue weighted by Crippen LogP contribution is 2.31. The normalized spacial score (nSPS) is 14.9. The summed E-state index contributed by atoms with van der Waals surface area (Å²) >= 11 is 1.32. The zero-order valence-electron chi connectivity index (χ0n) is 20.5. The van der Waals surface area contributed by atoms with E-state index in [0.29, 0.717) is 38.6 Å². The molecular formula is C26H27F2N7OS. The molecule has 1 aliphatic rings. The SMILES string of the molecule is CC(NC(=O)c1ccc(Nc2nc3ccc(N(C)c4ccc(F)cc4F)nc3s2)nc1)C1CCNCC1. The lowest BCUT2D eigenvalue weighted by atomic mass is 9.91. The summed E-state index contributed by atoms with van der Waals surface area (Å²) in [6.45, 7) is 4.02. The monoisotopic (exact) mass is 523 g/mol. The number of hydrogen-bond acceptors (Lipinski definition) is 8. The number of hydrogen-bond donors (Lipinski definition) is 3. The molecule has 1 aromatic carbocycles. The second-order valence-corrected chi connectivity index (χ2v) is 10.1. The summed E-state index contributed by atoms with van der Waals surface area (Å²) < 4.78 is 27.5. The molecule has 1 aliphatic heterocycles. The largest absolute Gasteiger partial charge is 0.349 e. The van der Waals surface area contributed by atoms with Crippen molar-refractivity contribution in [2.24, 2.45) is 5.92 Å². The van der Waals surface area contributed by atoms with Crippen molar-refractivity contribution in [3.05, 3.63) is 65.9 Å². The molecule has 3 aromatic heterocycles. The van der Waals surface area contributed by atoms with Crippen LogP contribution in [0.1, 0.15) is 30.1 Å². The Hall–Kier alpha value is -3.70. The molecule has 8 nitrogen and oxygen atoms in total. The van der Waals surface area contributed by atoms with Crippen LogP contribution in [0.2, 0.25) is 0 Å². The molecule has 0 spiro atoms. The maximum absolute atomic E-state index is 14.2. The van der Waals surface area contributed by atoms with E-state index >= 15 is 0 Å². The number of fused-ring (bicyclic) bond motifs is 1. The minimum atomic E-state index is -0.667. The number of rotatable bonds is 7. The lowest BCUT2D eigenvalue weighted by Crippen LogP contribution is -2.42. The van der Waals surface area contributed by atoms with E-state index in [0.717, 1.165) is 32.0 Å². The molecule has 0 radical (unpaired) electrons. The highest BCUT2D eigenvalue weighted by molar-refractivity contribution is 7.21. The predicted molar refractivity (Wildman–Crippen MR) is 142 cm³/mol. The summed E-state index contributed by atoms with van der Waals surface area (Å²) in [7, 11) is 1.67. The molecule has 1 saturated heterocycles. The van der Waals surface area contributed by atoms with Crippen molar-refractivity contribution in [2.45, 2.75) is 25.8 Å². The van der Waals surface area contributed by atoms with Gasteiger partial charge in [0.25, 0.3) is 5.91 Å². The zero-order valence-corrected chi connectivity index (χ0v) is 21.3. The van der Waals surface area contributed by atoms with Crippen molar-refractivity contribution in [2.75, 3.05) is 30.4 Å². The third-order valence-corrected chi connectivity index (χ3v) is 7.45. The minimum Gasteiger partial charge on any atom is -0.349 e. The maximum Gasteiger partial charge on any atom is 0.253 e. The van der Waals surface area contributed by atoms with Crippen LogP contribution in [0.5, 0.6) is 0 Å². The first-order chi connectivity index (χ1) is 17.9. The van der Waals surface area contributed by atoms with E-state index in [2.05, 4.69) is 37.8 Å². The number of anilines is 4. The molecular weight excluding hydrogens is 496 g/mol. The number of piperidine rings is 1. The standard InChI is InChI=1S/C26H27F2N7OS/c1-15(16-9-11-29-12-10-16)31-24(36)17-3-7-22(30-14-17)33-26-32-20-5-8-23(34-25(20)37-26)35(2)21-6-4-18(27)13-19(21)28/h3-8,13-16,29H,9-12H2,1-2H3,(H,31,36)(H,30,32,33). The number of benzene rings is 1. The number of aromatic nitrogens is 3. The lowest BCUT2D eigenvalue weighted by Gasteiger charge is -2.28. The van der Waals surface area contributed by atoms with Gasteiger partial charge in [-0.15, -0.1) is 0 Å². The fraction of sp³-hybridized carbons (Fsp3) is 0.308. The quantitative estimate of drug-likeness (QED) is 0.314. The van der Waals surface area contributed by atoms with Crippen LogP contribution in [-0.2, 0) is 0 Å². The number of pyridine rings is 2. The first-order valence-electron chi connectivity index (χ1n) is 12.1. The Morgan fingerprint density at radius 3 is 2.68 bits per heavy atom. The van der Waals surface area contributed by atoms with E-state index in [1.807, 2.05) is 0 Å². The number of carbonyl (C=O) groups is 1. The summed E-state index contributed by atoms with van der Waals surface area (Å²) in [6, 6.07) is 10.5. The number of carbonyl (C=O) groups excluding carboxylic acids is 1. The van der Waals surface area contributed by atoms with Crippen LogP contribution in [0.15, 0.2) is 48.7 Å².